The van der Waals surface area contributed by atoms with E-state index in [0.29, 0.717) is 11.1 Å². The minimum atomic E-state index is 0.0130. The fourth-order valence-electron chi connectivity index (χ4n) is 2.93. The summed E-state index contributed by atoms with van der Waals surface area (Å²) in [5.74, 6) is 1.01. The number of amides is 1. The van der Waals surface area contributed by atoms with Crippen LogP contribution < -0.4 is 5.32 Å². The lowest BCUT2D eigenvalue weighted by Gasteiger charge is -2.29. The standard InChI is InChI=1S/C16H21N5O2S/c1-11-4-2-3-5-14(11)17-15(23)10-24-16-18-19-20-21(16)12-6-8-13(22)9-7-12/h6-9,11,14,22H,2-5,10H2,1H3,(H,17,23)/t11-,14-/m1/s1. The first kappa shape index (κ1) is 16.8. The second-order valence-corrected chi connectivity index (χ2v) is 7.06. The summed E-state index contributed by atoms with van der Waals surface area (Å²) in [4.78, 5) is 12.2. The molecule has 1 amide bonds. The Labute approximate surface area is 144 Å². The molecule has 1 aliphatic rings. The number of carbonyl (C=O) groups excluding carboxylic acids is 1. The first-order valence-corrected chi connectivity index (χ1v) is 9.12. The molecule has 2 N–H and O–H groups in total. The first-order valence-electron chi connectivity index (χ1n) is 8.13. The van der Waals surface area contributed by atoms with Crippen LogP contribution in [0.3, 0.4) is 0 Å². The van der Waals surface area contributed by atoms with Crippen molar-refractivity contribution in [1.82, 2.24) is 25.5 Å². The van der Waals surface area contributed by atoms with Gasteiger partial charge in [-0.25, -0.2) is 0 Å². The van der Waals surface area contributed by atoms with Crippen LogP contribution in [-0.2, 0) is 4.79 Å². The summed E-state index contributed by atoms with van der Waals surface area (Å²) < 4.78 is 1.56. The zero-order valence-corrected chi connectivity index (χ0v) is 14.4. The molecule has 1 aromatic carbocycles. The fraction of sp³-hybridized carbons (Fsp3) is 0.500. The van der Waals surface area contributed by atoms with Crippen molar-refractivity contribution in [3.05, 3.63) is 24.3 Å². The maximum atomic E-state index is 12.2. The number of phenolic OH excluding ortho intramolecular Hbond substituents is 1. The minimum absolute atomic E-state index is 0.0130. The molecule has 0 bridgehead atoms. The van der Waals surface area contributed by atoms with E-state index < -0.39 is 0 Å². The maximum Gasteiger partial charge on any atom is 0.230 e. The number of thioether (sulfide) groups is 1. The van der Waals surface area contributed by atoms with Gasteiger partial charge in [-0.3, -0.25) is 4.79 Å². The predicted octanol–water partition coefficient (Wildman–Crippen LogP) is 2.15. The lowest BCUT2D eigenvalue weighted by Crippen LogP contribution is -2.41. The van der Waals surface area contributed by atoms with Gasteiger partial charge in [-0.05, 0) is 53.5 Å². The summed E-state index contributed by atoms with van der Waals surface area (Å²) in [5.41, 5.74) is 0.738. The molecule has 24 heavy (non-hydrogen) atoms. The first-order chi connectivity index (χ1) is 11.6. The fourth-order valence-corrected chi connectivity index (χ4v) is 3.64. The molecule has 7 nitrogen and oxygen atoms in total. The smallest absolute Gasteiger partial charge is 0.230 e. The van der Waals surface area contributed by atoms with Gasteiger partial charge in [0.2, 0.25) is 11.1 Å². The van der Waals surface area contributed by atoms with Crippen LogP contribution in [0.15, 0.2) is 29.4 Å². The van der Waals surface area contributed by atoms with Gasteiger partial charge in [0, 0.05) is 6.04 Å². The summed E-state index contributed by atoms with van der Waals surface area (Å²) in [6, 6.07) is 6.87. The van der Waals surface area contributed by atoms with Crippen LogP contribution in [0.25, 0.3) is 5.69 Å². The van der Waals surface area contributed by atoms with Crippen LogP contribution in [0.4, 0.5) is 0 Å². The van der Waals surface area contributed by atoms with E-state index in [1.807, 2.05) is 0 Å². The lowest BCUT2D eigenvalue weighted by molar-refractivity contribution is -0.119. The average molecular weight is 347 g/mol. The number of aromatic nitrogens is 4. The van der Waals surface area contributed by atoms with E-state index in [4.69, 9.17) is 0 Å². The molecular formula is C16H21N5O2S. The number of rotatable bonds is 5. The molecule has 0 unspecified atom stereocenters. The summed E-state index contributed by atoms with van der Waals surface area (Å²) in [6.45, 7) is 2.20. The zero-order valence-electron chi connectivity index (χ0n) is 13.6. The van der Waals surface area contributed by atoms with E-state index in [-0.39, 0.29) is 23.5 Å². The van der Waals surface area contributed by atoms with Crippen LogP contribution in [0.5, 0.6) is 5.75 Å². The normalized spacial score (nSPS) is 20.7. The summed E-state index contributed by atoms with van der Waals surface area (Å²) in [5, 5.41) is 24.6. The molecule has 1 heterocycles. The maximum absolute atomic E-state index is 12.2. The van der Waals surface area contributed by atoms with E-state index in [0.717, 1.165) is 12.1 Å². The van der Waals surface area contributed by atoms with Gasteiger partial charge in [-0.15, -0.1) is 5.10 Å². The zero-order chi connectivity index (χ0) is 16.9. The Kier molecular flexibility index (Phi) is 5.34. The van der Waals surface area contributed by atoms with Gasteiger partial charge in [0.1, 0.15) is 5.75 Å². The number of nitrogens with zero attached hydrogens (tertiary/aromatic N) is 4. The SMILES string of the molecule is C[C@@H]1CCCC[C@H]1NC(=O)CSc1nnnn1-c1ccc(O)cc1. The summed E-state index contributed by atoms with van der Waals surface area (Å²) in [6.07, 6.45) is 4.67. The van der Waals surface area contributed by atoms with Crippen molar-refractivity contribution in [1.29, 1.82) is 0 Å². The van der Waals surface area contributed by atoms with Gasteiger partial charge in [0.05, 0.1) is 11.4 Å². The highest BCUT2D eigenvalue weighted by Gasteiger charge is 2.23. The van der Waals surface area contributed by atoms with Gasteiger partial charge >= 0.3 is 0 Å². The quantitative estimate of drug-likeness (QED) is 0.805. The second-order valence-electron chi connectivity index (χ2n) is 6.11. The third kappa shape index (κ3) is 4.05. The van der Waals surface area contributed by atoms with Crippen molar-refractivity contribution in [2.45, 2.75) is 43.8 Å². The van der Waals surface area contributed by atoms with Gasteiger partial charge in [0.25, 0.3) is 0 Å². The molecule has 128 valence electrons. The Bertz CT molecular complexity index is 688. The number of aromatic hydroxyl groups is 1. The van der Waals surface area contributed by atoms with Gasteiger partial charge in [0.15, 0.2) is 0 Å². The molecule has 0 spiro atoms. The van der Waals surface area contributed by atoms with Crippen molar-refractivity contribution in [3.8, 4) is 11.4 Å². The molecule has 0 aliphatic heterocycles. The molecule has 1 aromatic heterocycles. The Hall–Kier alpha value is -2.09. The molecule has 1 saturated carbocycles. The van der Waals surface area contributed by atoms with E-state index in [1.54, 1.807) is 28.9 Å². The van der Waals surface area contributed by atoms with Crippen molar-refractivity contribution in [2.75, 3.05) is 5.75 Å². The lowest BCUT2D eigenvalue weighted by atomic mass is 9.86. The van der Waals surface area contributed by atoms with Gasteiger partial charge in [-0.1, -0.05) is 31.5 Å². The third-order valence-electron chi connectivity index (χ3n) is 4.33. The minimum Gasteiger partial charge on any atom is -0.508 e. The number of benzene rings is 1. The Balaban J connectivity index is 1.58. The molecule has 1 fully saturated rings. The van der Waals surface area contributed by atoms with Crippen LogP contribution in [0.1, 0.15) is 32.6 Å². The van der Waals surface area contributed by atoms with Crippen LogP contribution in [-0.4, -0.2) is 43.0 Å². The van der Waals surface area contributed by atoms with Crippen LogP contribution in [0.2, 0.25) is 0 Å². The van der Waals surface area contributed by atoms with E-state index in [1.165, 1.54) is 31.0 Å². The number of phenols is 1. The van der Waals surface area contributed by atoms with E-state index >= 15 is 0 Å². The van der Waals surface area contributed by atoms with Crippen molar-refractivity contribution in [2.24, 2.45) is 5.92 Å². The monoisotopic (exact) mass is 347 g/mol. The van der Waals surface area contributed by atoms with E-state index in [9.17, 15) is 9.90 Å². The van der Waals surface area contributed by atoms with E-state index in [2.05, 4.69) is 27.8 Å². The molecule has 2 aromatic rings. The average Bonchev–Trinajstić information content (AvgIpc) is 3.04. The summed E-state index contributed by atoms with van der Waals surface area (Å²) >= 11 is 1.30. The molecule has 3 rings (SSSR count). The van der Waals surface area contributed by atoms with Gasteiger partial charge in [-0.2, -0.15) is 4.68 Å². The number of hydrogen-bond acceptors (Lipinski definition) is 6. The molecular weight excluding hydrogens is 326 g/mol. The highest BCUT2D eigenvalue weighted by molar-refractivity contribution is 7.99. The topological polar surface area (TPSA) is 92.9 Å². The van der Waals surface area contributed by atoms with Crippen molar-refractivity contribution < 1.29 is 9.90 Å². The largest absolute Gasteiger partial charge is 0.508 e. The van der Waals surface area contributed by atoms with Crippen molar-refractivity contribution in [3.63, 3.8) is 0 Å². The molecule has 8 heteroatoms. The molecule has 1 aliphatic carbocycles. The predicted molar refractivity (Wildman–Crippen MR) is 91.1 cm³/mol. The Morgan fingerprint density at radius 3 is 2.83 bits per heavy atom. The highest BCUT2D eigenvalue weighted by Crippen LogP contribution is 2.24. The number of hydrogen-bond donors (Lipinski definition) is 2. The highest BCUT2D eigenvalue weighted by atomic mass is 32.2. The molecule has 0 radical (unpaired) electrons. The number of nitrogens with one attached hydrogen (secondary N) is 1. The van der Waals surface area contributed by atoms with Gasteiger partial charge < -0.3 is 10.4 Å². The summed E-state index contributed by atoms with van der Waals surface area (Å²) in [7, 11) is 0. The molecule has 0 saturated heterocycles. The Morgan fingerprint density at radius 1 is 1.33 bits per heavy atom. The number of carbonyl (C=O) groups is 1. The Morgan fingerprint density at radius 2 is 2.08 bits per heavy atom. The van der Waals surface area contributed by atoms with Crippen LogP contribution in [0, 0.1) is 5.92 Å². The number of tetrazole rings is 1. The molecule has 2 atom stereocenters. The van der Waals surface area contributed by atoms with Crippen molar-refractivity contribution >= 4 is 17.7 Å². The van der Waals surface area contributed by atoms with Crippen LogP contribution >= 0.6 is 11.8 Å². The second kappa shape index (κ2) is 7.65. The third-order valence-corrected chi connectivity index (χ3v) is 5.24.